The van der Waals surface area contributed by atoms with E-state index in [2.05, 4.69) is 209 Å². The van der Waals surface area contributed by atoms with Crippen molar-refractivity contribution in [3.05, 3.63) is 207 Å². The molecular weight excluding hydrogens is 1360 g/mol. The molecule has 0 aromatic rings. The third-order valence-corrected chi connectivity index (χ3v) is 17.4. The second kappa shape index (κ2) is 77.7. The Morgan fingerprint density at radius 2 is 0.495 bits per heavy atom. The molecule has 4 N–H and O–H groups in total. The van der Waals surface area contributed by atoms with Crippen LogP contribution in [0, 0.1) is 0 Å². The summed E-state index contributed by atoms with van der Waals surface area (Å²) >= 11 is 0. The Kier molecular flexibility index (Phi) is 73.4. The first-order valence-electron chi connectivity index (χ1n) is 39.4. The molecule has 0 saturated carbocycles. The highest BCUT2D eigenvalue weighted by Crippen LogP contribution is 2.45. The molecule has 5 atom stereocenters. The van der Waals surface area contributed by atoms with Gasteiger partial charge >= 0.3 is 33.6 Å². The lowest BCUT2D eigenvalue weighted by Crippen LogP contribution is -2.30. The number of phosphoric ester groups is 2. The zero-order valence-electron chi connectivity index (χ0n) is 64.6. The smallest absolute Gasteiger partial charge is 0.463 e. The van der Waals surface area contributed by atoms with Crippen molar-refractivity contribution in [1.82, 2.24) is 0 Å². The maximum atomic E-state index is 13.0. The first-order chi connectivity index (χ1) is 51.2. The van der Waals surface area contributed by atoms with Crippen LogP contribution < -0.4 is 0 Å². The van der Waals surface area contributed by atoms with E-state index >= 15 is 0 Å². The first kappa shape index (κ1) is 99.1. The summed E-state index contributed by atoms with van der Waals surface area (Å²) in [5.41, 5.74) is 0. The van der Waals surface area contributed by atoms with Gasteiger partial charge < -0.3 is 34.2 Å². The summed E-state index contributed by atoms with van der Waals surface area (Å²) in [4.78, 5) is 58.6. The molecule has 5 unspecified atom stereocenters. The van der Waals surface area contributed by atoms with Crippen molar-refractivity contribution in [2.75, 3.05) is 39.6 Å². The fourth-order valence-electron chi connectivity index (χ4n) is 9.63. The van der Waals surface area contributed by atoms with Crippen molar-refractivity contribution in [3.63, 3.8) is 0 Å². The maximum Gasteiger partial charge on any atom is 0.472 e. The van der Waals surface area contributed by atoms with Crippen LogP contribution in [0.3, 0.4) is 0 Å². The quantitative estimate of drug-likeness (QED) is 0.0146. The molecule has 0 bridgehead atoms. The normalized spacial score (nSPS) is 15.1. The van der Waals surface area contributed by atoms with Crippen LogP contribution in [0.2, 0.25) is 0 Å². The largest absolute Gasteiger partial charge is 0.472 e. The lowest BCUT2D eigenvalue weighted by molar-refractivity contribution is -0.161. The highest BCUT2D eigenvalue weighted by Gasteiger charge is 2.29. The van der Waals surface area contributed by atoms with E-state index in [1.807, 2.05) is 18.2 Å². The van der Waals surface area contributed by atoms with Gasteiger partial charge in [-0.3, -0.25) is 32.5 Å². The third kappa shape index (κ3) is 79.0. The van der Waals surface area contributed by atoms with Crippen LogP contribution in [-0.2, 0) is 55.8 Å². The Morgan fingerprint density at radius 3 is 0.819 bits per heavy atom. The van der Waals surface area contributed by atoms with E-state index in [1.165, 1.54) is 44.9 Å². The van der Waals surface area contributed by atoms with Gasteiger partial charge in [0.05, 0.1) is 26.4 Å². The van der Waals surface area contributed by atoms with Gasteiger partial charge in [-0.1, -0.05) is 298 Å². The molecular formula is C87H138O16P2. The molecule has 0 aliphatic heterocycles. The van der Waals surface area contributed by atoms with E-state index in [1.54, 1.807) is 0 Å². The number of phosphoric acid groups is 2. The zero-order valence-corrected chi connectivity index (χ0v) is 66.3. The van der Waals surface area contributed by atoms with Crippen LogP contribution in [0.15, 0.2) is 207 Å². The zero-order chi connectivity index (χ0) is 76.6. The summed E-state index contributed by atoms with van der Waals surface area (Å²) < 4.78 is 61.0. The van der Waals surface area contributed by atoms with E-state index in [0.717, 1.165) is 154 Å². The van der Waals surface area contributed by atoms with Crippen molar-refractivity contribution in [2.24, 2.45) is 0 Å². The van der Waals surface area contributed by atoms with Gasteiger partial charge in [-0.2, -0.15) is 0 Å². The van der Waals surface area contributed by atoms with Crippen molar-refractivity contribution >= 4 is 33.6 Å². The monoisotopic (exact) mass is 1500 g/mol. The van der Waals surface area contributed by atoms with Gasteiger partial charge in [0, 0.05) is 19.3 Å². The van der Waals surface area contributed by atoms with E-state index in [4.69, 9.17) is 32.3 Å². The Balaban J connectivity index is 4.65. The van der Waals surface area contributed by atoms with Gasteiger partial charge in [0.2, 0.25) is 0 Å². The standard InChI is InChI=1S/C87H138O16P2/c1-4-7-10-13-16-19-22-25-28-31-34-35-36-37-38-39-40-41-42-43-44-45-48-50-52-55-58-61-64-67-70-73-85(90)97-76-82(88)77-99-104(93,94)100-78-83(89)79-101-105(95,96)102-81-84(103-87(92)75-72-69-66-63-60-57-54-51-47-33-30-27-24-21-18-15-12-9-6-3)80-98-86(91)74-71-68-65-62-59-56-53-49-46-32-29-26-23-20-17-14-11-8-5-2/h7-12,16-21,25-30,34-35,37-38,40-41,46-47,49,51,56-57,59-60,65,68,82-84,88-89H,4-6,13-15,22-24,31-33,36,39,42-45,48,50,52-55,58,61-64,66-67,69-81H2,1-3H3,(H,93,94)(H,95,96)/b10-7-,11-8-,12-9-,19-16-,20-17-,21-18-,28-25-,29-26-,30-27-,35-34-,38-37-,41-40-,49-46-,51-47-,59-56-,60-57-,68-65-. The second-order valence-corrected chi connectivity index (χ2v) is 28.3. The molecule has 105 heavy (non-hydrogen) atoms. The number of hydrogen-bond acceptors (Lipinski definition) is 14. The van der Waals surface area contributed by atoms with Gasteiger partial charge in [-0.05, 0) is 154 Å². The number of rotatable bonds is 72. The first-order valence-corrected chi connectivity index (χ1v) is 42.4. The van der Waals surface area contributed by atoms with Crippen LogP contribution in [0.5, 0.6) is 0 Å². The molecule has 16 nitrogen and oxygen atoms in total. The SMILES string of the molecule is CC/C=C\C/C=C\C/C=C\C/C=C\C/C=C\C/C=C\CCCCCCCCCCCCCCC(=O)OCC(O)COP(=O)(O)OCC(O)COP(=O)(O)OCC(COC(=O)CC/C=C\C/C=C\C/C=C\C/C=C\C/C=C\C/C=C\CC)OC(=O)CCCCC/C=C\C/C=C\C/C=C\C/C=C\C/C=C\CC. The van der Waals surface area contributed by atoms with Crippen LogP contribution >= 0.6 is 15.6 Å². The average molecular weight is 1500 g/mol. The summed E-state index contributed by atoms with van der Waals surface area (Å²) in [5, 5.41) is 20.6. The number of carbonyl (C=O) groups excluding carboxylic acids is 3. The molecule has 0 aromatic heterocycles. The third-order valence-electron chi connectivity index (χ3n) is 15.5. The molecule has 0 fully saturated rings. The number of allylic oxidation sites excluding steroid dienone is 34. The molecule has 0 aliphatic carbocycles. The molecule has 0 heterocycles. The number of carbonyl (C=O) groups is 3. The van der Waals surface area contributed by atoms with E-state index < -0.39 is 91.5 Å². The number of unbranched alkanes of at least 4 members (excludes halogenated alkanes) is 15. The second-order valence-electron chi connectivity index (χ2n) is 25.4. The minimum Gasteiger partial charge on any atom is -0.463 e. The molecule has 0 spiro atoms. The van der Waals surface area contributed by atoms with Gasteiger partial charge in [0.25, 0.3) is 0 Å². The Hall–Kier alpha value is -5.87. The number of ether oxygens (including phenoxy) is 3. The highest BCUT2D eigenvalue weighted by molar-refractivity contribution is 7.47. The molecule has 0 rings (SSSR count). The van der Waals surface area contributed by atoms with Crippen LogP contribution in [0.1, 0.15) is 265 Å². The highest BCUT2D eigenvalue weighted by atomic mass is 31.2. The van der Waals surface area contributed by atoms with Crippen LogP contribution in [0.25, 0.3) is 0 Å². The molecule has 0 aromatic carbocycles. The minimum absolute atomic E-state index is 0.0291. The predicted octanol–water partition coefficient (Wildman–Crippen LogP) is 23.3. The summed E-state index contributed by atoms with van der Waals surface area (Å²) in [7, 11) is -9.84. The van der Waals surface area contributed by atoms with E-state index in [-0.39, 0.29) is 19.3 Å². The molecule has 0 radical (unpaired) electrons. The molecule has 0 aliphatic rings. The average Bonchev–Trinajstić information content (AvgIpc) is 0.915. The van der Waals surface area contributed by atoms with Crippen molar-refractivity contribution < 1.29 is 75.8 Å². The number of esters is 3. The fourth-order valence-corrected chi connectivity index (χ4v) is 11.2. The minimum atomic E-state index is -4.97. The van der Waals surface area contributed by atoms with Gasteiger partial charge in [-0.15, -0.1) is 0 Å². The van der Waals surface area contributed by atoms with E-state index in [9.17, 15) is 43.5 Å². The summed E-state index contributed by atoms with van der Waals surface area (Å²) in [5.74, 6) is -1.73. The van der Waals surface area contributed by atoms with Gasteiger partial charge in [-0.25, -0.2) is 9.13 Å². The summed E-state index contributed by atoms with van der Waals surface area (Å²) in [6.07, 6.45) is 103. The Morgan fingerprint density at radius 1 is 0.267 bits per heavy atom. The van der Waals surface area contributed by atoms with Crippen molar-refractivity contribution in [2.45, 2.75) is 283 Å². The number of aliphatic hydroxyl groups excluding tert-OH is 2. The van der Waals surface area contributed by atoms with Crippen molar-refractivity contribution in [1.29, 1.82) is 0 Å². The van der Waals surface area contributed by atoms with Crippen LogP contribution in [-0.4, -0.2) is 95.9 Å². The number of hydrogen-bond donors (Lipinski definition) is 4. The topological polar surface area (TPSA) is 231 Å². The molecule has 592 valence electrons. The van der Waals surface area contributed by atoms with Gasteiger partial charge in [0.1, 0.15) is 25.4 Å². The lowest BCUT2D eigenvalue weighted by atomic mass is 10.0. The van der Waals surface area contributed by atoms with Crippen molar-refractivity contribution in [3.8, 4) is 0 Å². The molecule has 18 heteroatoms. The Labute approximate surface area is 635 Å². The molecule has 0 saturated heterocycles. The Bertz CT molecular complexity index is 2740. The fraction of sp³-hybridized carbons (Fsp3) is 0.575. The summed E-state index contributed by atoms with van der Waals surface area (Å²) in [6, 6.07) is 0. The van der Waals surface area contributed by atoms with E-state index in [0.29, 0.717) is 25.7 Å². The number of aliphatic hydroxyl groups is 2. The summed E-state index contributed by atoms with van der Waals surface area (Å²) in [6.45, 7) is 2.17. The van der Waals surface area contributed by atoms with Gasteiger partial charge in [0.15, 0.2) is 6.10 Å². The maximum absolute atomic E-state index is 13.0. The van der Waals surface area contributed by atoms with Crippen LogP contribution in [0.4, 0.5) is 0 Å². The lowest BCUT2D eigenvalue weighted by Gasteiger charge is -2.21. The predicted molar refractivity (Wildman–Crippen MR) is 435 cm³/mol. The molecule has 0 amide bonds.